The number of halogens is 2. The fourth-order valence-electron chi connectivity index (χ4n) is 3.29. The molecule has 5 nitrogen and oxygen atoms in total. The lowest BCUT2D eigenvalue weighted by Crippen LogP contribution is -2.30. The molecule has 1 heterocycles. The maximum absolute atomic E-state index is 14.4. The van der Waals surface area contributed by atoms with Crippen LogP contribution in [0, 0.1) is 5.82 Å². The summed E-state index contributed by atoms with van der Waals surface area (Å²) in [6.07, 6.45) is 4.40. The largest absolute Gasteiger partial charge is 0.321 e. The Hall–Kier alpha value is -4.33. The smallest absolute Gasteiger partial charge is 0.272 e. The number of nitrogens with one attached hydrogen (secondary N) is 2. The molecule has 0 saturated carbocycles. The highest BCUT2D eigenvalue weighted by Gasteiger charge is 2.17. The molecule has 0 aliphatic rings. The second kappa shape index (κ2) is 12.1. The highest BCUT2D eigenvalue weighted by molar-refractivity contribution is 7.10. The van der Waals surface area contributed by atoms with E-state index < -0.39 is 17.6 Å². The number of ketones is 1. The molecule has 4 aromatic rings. The Morgan fingerprint density at radius 3 is 2.27 bits per heavy atom. The molecule has 0 fully saturated rings. The van der Waals surface area contributed by atoms with Gasteiger partial charge in [-0.15, -0.1) is 11.3 Å². The molecule has 0 unspecified atom stereocenters. The van der Waals surface area contributed by atoms with E-state index >= 15 is 0 Å². The third-order valence-corrected chi connectivity index (χ3v) is 6.35. The van der Waals surface area contributed by atoms with E-state index in [0.29, 0.717) is 16.8 Å². The first-order chi connectivity index (χ1) is 17.9. The maximum Gasteiger partial charge on any atom is 0.272 e. The monoisotopic (exact) mass is 530 g/mol. The Balaban J connectivity index is 1.54. The van der Waals surface area contributed by atoms with Gasteiger partial charge >= 0.3 is 0 Å². The van der Waals surface area contributed by atoms with Crippen molar-refractivity contribution in [2.24, 2.45) is 0 Å². The normalized spacial score (nSPS) is 11.4. The van der Waals surface area contributed by atoms with Gasteiger partial charge in [-0.3, -0.25) is 14.4 Å². The number of hydrogen-bond donors (Lipinski definition) is 2. The molecular formula is C29H20ClFN2O3S. The van der Waals surface area contributed by atoms with Crippen LogP contribution in [-0.2, 0) is 4.79 Å². The van der Waals surface area contributed by atoms with E-state index in [-0.39, 0.29) is 22.1 Å². The number of amides is 2. The minimum Gasteiger partial charge on any atom is -0.321 e. The van der Waals surface area contributed by atoms with Crippen molar-refractivity contribution in [3.05, 3.63) is 134 Å². The average Bonchev–Trinajstić information content (AvgIpc) is 3.43. The van der Waals surface area contributed by atoms with Crippen molar-refractivity contribution in [1.29, 1.82) is 0 Å². The molecule has 4 rings (SSSR count). The van der Waals surface area contributed by atoms with E-state index in [4.69, 9.17) is 11.6 Å². The van der Waals surface area contributed by atoms with Crippen molar-refractivity contribution >= 4 is 58.4 Å². The van der Waals surface area contributed by atoms with Crippen molar-refractivity contribution < 1.29 is 18.8 Å². The van der Waals surface area contributed by atoms with Gasteiger partial charge in [0.2, 0.25) is 0 Å². The van der Waals surface area contributed by atoms with Gasteiger partial charge in [0.25, 0.3) is 11.8 Å². The summed E-state index contributed by atoms with van der Waals surface area (Å²) in [7, 11) is 0. The SMILES string of the molecule is O=C(Nc1ccc(C(=O)/C=C/c2cccs2)cc1)/C(=C/c1c(F)cccc1Cl)NC(=O)c1ccccc1. The number of thiophene rings is 1. The molecule has 2 amide bonds. The lowest BCUT2D eigenvalue weighted by atomic mass is 10.1. The van der Waals surface area contributed by atoms with Crippen LogP contribution in [-0.4, -0.2) is 17.6 Å². The topological polar surface area (TPSA) is 75.3 Å². The summed E-state index contributed by atoms with van der Waals surface area (Å²) in [6, 6.07) is 22.5. The van der Waals surface area contributed by atoms with Crippen LogP contribution < -0.4 is 10.6 Å². The van der Waals surface area contributed by atoms with Gasteiger partial charge < -0.3 is 10.6 Å². The number of carbonyl (C=O) groups excluding carboxylic acids is 3. The second-order valence-electron chi connectivity index (χ2n) is 7.76. The molecule has 0 spiro atoms. The molecule has 0 saturated heterocycles. The lowest BCUT2D eigenvalue weighted by Gasteiger charge is -2.12. The highest BCUT2D eigenvalue weighted by atomic mass is 35.5. The number of anilines is 1. The highest BCUT2D eigenvalue weighted by Crippen LogP contribution is 2.22. The van der Waals surface area contributed by atoms with Gasteiger partial charge in [-0.2, -0.15) is 0 Å². The summed E-state index contributed by atoms with van der Waals surface area (Å²) in [4.78, 5) is 39.3. The molecule has 0 aliphatic heterocycles. The molecular weight excluding hydrogens is 511 g/mol. The van der Waals surface area contributed by atoms with E-state index in [1.54, 1.807) is 60.7 Å². The number of allylic oxidation sites excluding steroid dienone is 1. The van der Waals surface area contributed by atoms with Gasteiger partial charge in [0.15, 0.2) is 5.78 Å². The zero-order valence-electron chi connectivity index (χ0n) is 19.3. The first-order valence-corrected chi connectivity index (χ1v) is 12.4. The van der Waals surface area contributed by atoms with Crippen molar-refractivity contribution in [3.8, 4) is 0 Å². The van der Waals surface area contributed by atoms with Gasteiger partial charge in [0.05, 0.1) is 5.02 Å². The predicted octanol–water partition coefficient (Wildman–Crippen LogP) is 6.85. The van der Waals surface area contributed by atoms with Gasteiger partial charge in [-0.25, -0.2) is 4.39 Å². The Kier molecular flexibility index (Phi) is 8.40. The number of hydrogen-bond acceptors (Lipinski definition) is 4. The summed E-state index contributed by atoms with van der Waals surface area (Å²) < 4.78 is 14.4. The van der Waals surface area contributed by atoms with Crippen LogP contribution in [0.5, 0.6) is 0 Å². The molecule has 3 aromatic carbocycles. The minimum atomic E-state index is -0.694. The molecule has 1 aromatic heterocycles. The molecule has 0 bridgehead atoms. The van der Waals surface area contributed by atoms with Crippen LogP contribution in [0.2, 0.25) is 5.02 Å². The quantitative estimate of drug-likeness (QED) is 0.193. The first kappa shape index (κ1) is 25.8. The standard InChI is InChI=1S/C29H20ClFN2O3S/c30-24-9-4-10-25(31)23(24)18-26(33-28(35)20-6-2-1-3-7-20)29(36)32-21-13-11-19(12-14-21)27(34)16-15-22-8-5-17-37-22/h1-18H,(H,32,36)(H,33,35)/b16-15+,26-18-. The molecule has 0 atom stereocenters. The van der Waals surface area contributed by atoms with Crippen LogP contribution >= 0.6 is 22.9 Å². The van der Waals surface area contributed by atoms with Crippen LogP contribution in [0.4, 0.5) is 10.1 Å². The van der Waals surface area contributed by atoms with E-state index in [2.05, 4.69) is 10.6 Å². The molecule has 8 heteroatoms. The first-order valence-electron chi connectivity index (χ1n) is 11.1. The van der Waals surface area contributed by atoms with Gasteiger partial charge in [0, 0.05) is 27.3 Å². The zero-order valence-corrected chi connectivity index (χ0v) is 20.9. The van der Waals surface area contributed by atoms with Gasteiger partial charge in [0.1, 0.15) is 11.5 Å². The molecule has 37 heavy (non-hydrogen) atoms. The Morgan fingerprint density at radius 2 is 1.59 bits per heavy atom. The van der Waals surface area contributed by atoms with Crippen molar-refractivity contribution in [3.63, 3.8) is 0 Å². The van der Waals surface area contributed by atoms with Crippen LogP contribution in [0.1, 0.15) is 31.2 Å². The Morgan fingerprint density at radius 1 is 0.838 bits per heavy atom. The van der Waals surface area contributed by atoms with Gasteiger partial charge in [-0.1, -0.05) is 41.9 Å². The molecule has 0 aliphatic carbocycles. The summed E-state index contributed by atoms with van der Waals surface area (Å²) in [5, 5.41) is 7.21. The third-order valence-electron chi connectivity index (χ3n) is 5.19. The van der Waals surface area contributed by atoms with Crippen LogP contribution in [0.25, 0.3) is 12.2 Å². The number of rotatable bonds is 8. The molecule has 2 N–H and O–H groups in total. The Labute approximate surface area is 221 Å². The molecule has 184 valence electrons. The fraction of sp³-hybridized carbons (Fsp3) is 0. The minimum absolute atomic E-state index is 0.0406. The fourth-order valence-corrected chi connectivity index (χ4v) is 4.13. The third kappa shape index (κ3) is 6.88. The van der Waals surface area contributed by atoms with Crippen molar-refractivity contribution in [2.45, 2.75) is 0 Å². The van der Waals surface area contributed by atoms with Crippen LogP contribution in [0.3, 0.4) is 0 Å². The lowest BCUT2D eigenvalue weighted by molar-refractivity contribution is -0.113. The van der Waals surface area contributed by atoms with Gasteiger partial charge in [-0.05, 0) is 78.2 Å². The van der Waals surface area contributed by atoms with Crippen molar-refractivity contribution in [2.75, 3.05) is 5.32 Å². The van der Waals surface area contributed by atoms with E-state index in [0.717, 1.165) is 4.88 Å². The Bertz CT molecular complexity index is 1460. The number of carbonyl (C=O) groups is 3. The van der Waals surface area contributed by atoms with E-state index in [1.165, 1.54) is 41.7 Å². The predicted molar refractivity (Wildman–Crippen MR) is 146 cm³/mol. The van der Waals surface area contributed by atoms with E-state index in [9.17, 15) is 18.8 Å². The van der Waals surface area contributed by atoms with E-state index in [1.807, 2.05) is 17.5 Å². The average molecular weight is 531 g/mol. The summed E-state index contributed by atoms with van der Waals surface area (Å²) in [6.45, 7) is 0. The zero-order chi connectivity index (χ0) is 26.2. The second-order valence-corrected chi connectivity index (χ2v) is 9.14. The maximum atomic E-state index is 14.4. The van der Waals surface area contributed by atoms with Crippen LogP contribution in [0.15, 0.2) is 102 Å². The number of benzene rings is 3. The van der Waals surface area contributed by atoms with Crippen molar-refractivity contribution in [1.82, 2.24) is 5.32 Å². The summed E-state index contributed by atoms with van der Waals surface area (Å²) >= 11 is 7.65. The molecule has 0 radical (unpaired) electrons. The summed E-state index contributed by atoms with van der Waals surface area (Å²) in [5.41, 5.74) is 0.890. The summed E-state index contributed by atoms with van der Waals surface area (Å²) in [5.74, 6) is -2.07.